The van der Waals surface area contributed by atoms with Crippen LogP contribution in [0.2, 0.25) is 5.02 Å². The molecule has 1 saturated heterocycles. The number of nitrogens with zero attached hydrogens (tertiary/aromatic N) is 6. The predicted molar refractivity (Wildman–Crippen MR) is 175 cm³/mol. The maximum atomic E-state index is 13.4. The third-order valence-electron chi connectivity index (χ3n) is 7.94. The number of nitrogens with one attached hydrogen (secondary N) is 1. The molecule has 7 rings (SSSR count). The van der Waals surface area contributed by atoms with Crippen LogP contribution < -0.4 is 5.69 Å². The molecule has 0 aliphatic carbocycles. The maximum Gasteiger partial charge on any atom is 0.326 e. The van der Waals surface area contributed by atoms with Crippen molar-refractivity contribution in [2.75, 3.05) is 13.1 Å². The molecule has 0 unspecified atom stereocenters. The first-order chi connectivity index (χ1) is 21.5. The molecule has 1 aliphatic heterocycles. The van der Waals surface area contributed by atoms with Gasteiger partial charge < -0.3 is 9.88 Å². The summed E-state index contributed by atoms with van der Waals surface area (Å²) in [6, 6.07) is 23.5. The minimum Gasteiger partial charge on any atom is -0.337 e. The first-order valence-corrected chi connectivity index (χ1v) is 16.5. The fourth-order valence-corrected chi connectivity index (χ4v) is 7.69. The second-order valence-electron chi connectivity index (χ2n) is 10.7. The molecule has 44 heavy (non-hydrogen) atoms. The summed E-state index contributed by atoms with van der Waals surface area (Å²) in [6.07, 6.45) is 1.42. The van der Waals surface area contributed by atoms with E-state index in [1.165, 1.54) is 23.1 Å². The number of aryl methyl sites for hydroxylation is 1. The molecule has 3 aromatic carbocycles. The normalized spacial score (nSPS) is 14.0. The number of halogens is 1. The number of likely N-dealkylation sites (tertiary alicyclic amines) is 1. The molecule has 9 nitrogen and oxygen atoms in total. The summed E-state index contributed by atoms with van der Waals surface area (Å²) >= 11 is 9.54. The molecule has 0 bridgehead atoms. The Bertz CT molecular complexity index is 2040. The molecular weight excluding hydrogens is 614 g/mol. The number of hydrogen-bond acceptors (Lipinski definition) is 7. The Labute approximate surface area is 266 Å². The largest absolute Gasteiger partial charge is 0.337 e. The number of aromatic amines is 1. The van der Waals surface area contributed by atoms with Gasteiger partial charge in [0.1, 0.15) is 10.7 Å². The Morgan fingerprint density at radius 1 is 1.02 bits per heavy atom. The van der Waals surface area contributed by atoms with E-state index in [0.717, 1.165) is 32.9 Å². The van der Waals surface area contributed by atoms with Crippen molar-refractivity contribution in [1.82, 2.24) is 34.2 Å². The second kappa shape index (κ2) is 12.1. The van der Waals surface area contributed by atoms with E-state index in [2.05, 4.69) is 28.2 Å². The third kappa shape index (κ3) is 5.36. The van der Waals surface area contributed by atoms with E-state index in [1.54, 1.807) is 0 Å². The molecule has 1 N–H and O–H groups in total. The number of thiazole rings is 1. The lowest BCUT2D eigenvalue weighted by atomic mass is 10.0. The average molecular weight is 642 g/mol. The molecule has 0 saturated carbocycles. The van der Waals surface area contributed by atoms with E-state index in [4.69, 9.17) is 16.6 Å². The van der Waals surface area contributed by atoms with Crippen LogP contribution in [0.5, 0.6) is 0 Å². The van der Waals surface area contributed by atoms with Gasteiger partial charge in [-0.2, -0.15) is 0 Å². The van der Waals surface area contributed by atoms with Crippen LogP contribution in [0.4, 0.5) is 0 Å². The van der Waals surface area contributed by atoms with Crippen molar-refractivity contribution in [3.63, 3.8) is 0 Å². The van der Waals surface area contributed by atoms with Crippen molar-refractivity contribution in [3.8, 4) is 17.1 Å². The van der Waals surface area contributed by atoms with E-state index in [0.29, 0.717) is 53.4 Å². The van der Waals surface area contributed by atoms with Gasteiger partial charge in [-0.3, -0.25) is 13.9 Å². The summed E-state index contributed by atoms with van der Waals surface area (Å²) in [6.45, 7) is 3.20. The van der Waals surface area contributed by atoms with Crippen LogP contribution >= 0.6 is 34.7 Å². The monoisotopic (exact) mass is 641 g/mol. The van der Waals surface area contributed by atoms with E-state index < -0.39 is 0 Å². The quantitative estimate of drug-likeness (QED) is 0.193. The Kier molecular flexibility index (Phi) is 7.84. The van der Waals surface area contributed by atoms with Crippen LogP contribution in [0, 0.1) is 6.92 Å². The van der Waals surface area contributed by atoms with E-state index in [-0.39, 0.29) is 17.6 Å². The summed E-state index contributed by atoms with van der Waals surface area (Å²) in [5, 5.41) is 13.0. The van der Waals surface area contributed by atoms with Crippen LogP contribution in [0.1, 0.15) is 39.9 Å². The summed E-state index contributed by atoms with van der Waals surface area (Å²) in [5.74, 6) is 1.13. The van der Waals surface area contributed by atoms with E-state index in [1.807, 2.05) is 86.1 Å². The highest BCUT2D eigenvalue weighted by Crippen LogP contribution is 2.34. The number of aromatic nitrogens is 6. The molecule has 4 heterocycles. The number of amides is 1. The fourth-order valence-electron chi connectivity index (χ4n) is 5.74. The van der Waals surface area contributed by atoms with E-state index in [9.17, 15) is 9.59 Å². The number of piperidine rings is 1. The van der Waals surface area contributed by atoms with Crippen molar-refractivity contribution in [3.05, 3.63) is 110 Å². The smallest absolute Gasteiger partial charge is 0.326 e. The van der Waals surface area contributed by atoms with Gasteiger partial charge in [-0.15, -0.1) is 21.5 Å². The number of rotatable bonds is 7. The van der Waals surface area contributed by atoms with Crippen molar-refractivity contribution in [2.24, 2.45) is 0 Å². The Balaban J connectivity index is 1.05. The van der Waals surface area contributed by atoms with Crippen LogP contribution in [0.15, 0.2) is 88.1 Å². The third-order valence-corrected chi connectivity index (χ3v) is 10.2. The molecule has 1 amide bonds. The van der Waals surface area contributed by atoms with Gasteiger partial charge in [-0.1, -0.05) is 65.8 Å². The standard InChI is InChI=1S/C32H28ClN7O2S2/c1-20-8-2-6-12-26(20)40-29(22-9-3-4-10-23(22)33)36-37-32(40)44-19-28-34-25(18-43-28)30(41)38-16-14-21(15-17-38)39-27-13-7-5-11-24(27)35-31(39)42/h2-13,18,21H,14-17,19H2,1H3,(H,35,42). The summed E-state index contributed by atoms with van der Waals surface area (Å²) in [4.78, 5) is 35.5. The summed E-state index contributed by atoms with van der Waals surface area (Å²) < 4.78 is 3.87. The van der Waals surface area contributed by atoms with Crippen molar-refractivity contribution in [2.45, 2.75) is 36.7 Å². The van der Waals surface area contributed by atoms with Gasteiger partial charge in [0, 0.05) is 30.1 Å². The number of carbonyl (C=O) groups is 1. The number of para-hydroxylation sites is 3. The highest BCUT2D eigenvalue weighted by atomic mass is 35.5. The van der Waals surface area contributed by atoms with Crippen molar-refractivity contribution >= 4 is 51.6 Å². The molecule has 0 atom stereocenters. The minimum atomic E-state index is -0.102. The summed E-state index contributed by atoms with van der Waals surface area (Å²) in [5.41, 5.74) is 4.95. The lowest BCUT2D eigenvalue weighted by Crippen LogP contribution is -2.40. The van der Waals surface area contributed by atoms with E-state index >= 15 is 0 Å². The molecule has 1 aliphatic rings. The van der Waals surface area contributed by atoms with Crippen LogP contribution in [0.3, 0.4) is 0 Å². The molecule has 0 radical (unpaired) electrons. The van der Waals surface area contributed by atoms with Crippen molar-refractivity contribution in [1.29, 1.82) is 0 Å². The van der Waals surface area contributed by atoms with Gasteiger partial charge in [0.25, 0.3) is 5.91 Å². The number of H-pyrrole nitrogens is 1. The average Bonchev–Trinajstić information content (AvgIpc) is 3.77. The first-order valence-electron chi connectivity index (χ1n) is 14.3. The number of hydrogen-bond donors (Lipinski definition) is 1. The number of carbonyl (C=O) groups excluding carboxylic acids is 1. The Morgan fingerprint density at radius 2 is 1.77 bits per heavy atom. The fraction of sp³-hybridized carbons (Fsp3) is 0.219. The molecule has 6 aromatic rings. The first kappa shape index (κ1) is 28.6. The highest BCUT2D eigenvalue weighted by Gasteiger charge is 2.28. The lowest BCUT2D eigenvalue weighted by molar-refractivity contribution is 0.0689. The van der Waals surface area contributed by atoms with Gasteiger partial charge in [-0.25, -0.2) is 9.78 Å². The molecule has 0 spiro atoms. The zero-order chi connectivity index (χ0) is 30.2. The number of benzene rings is 3. The topological polar surface area (TPSA) is 102 Å². The second-order valence-corrected chi connectivity index (χ2v) is 13.0. The lowest BCUT2D eigenvalue weighted by Gasteiger charge is -2.32. The van der Waals surface area contributed by atoms with Crippen LogP contribution in [-0.2, 0) is 5.75 Å². The van der Waals surface area contributed by atoms with Crippen LogP contribution in [0.25, 0.3) is 28.1 Å². The zero-order valence-corrected chi connectivity index (χ0v) is 26.2. The molecule has 1 fully saturated rings. The Morgan fingerprint density at radius 3 is 2.59 bits per heavy atom. The SMILES string of the molecule is Cc1ccccc1-n1c(SCc2nc(C(=O)N3CCC(n4c(=O)[nH]c5ccccc54)CC3)cs2)nnc1-c1ccccc1Cl. The molecular formula is C32H28ClN7O2S2. The van der Waals surface area contributed by atoms with Crippen molar-refractivity contribution < 1.29 is 4.79 Å². The molecule has 12 heteroatoms. The summed E-state index contributed by atoms with van der Waals surface area (Å²) in [7, 11) is 0. The van der Waals surface area contributed by atoms with Gasteiger partial charge in [-0.05, 0) is 55.7 Å². The highest BCUT2D eigenvalue weighted by molar-refractivity contribution is 7.98. The zero-order valence-electron chi connectivity index (χ0n) is 23.8. The number of imidazole rings is 1. The molecule has 3 aromatic heterocycles. The minimum absolute atomic E-state index is 0.0476. The maximum absolute atomic E-state index is 13.4. The van der Waals surface area contributed by atoms with Gasteiger partial charge in [0.05, 0.1) is 27.5 Å². The number of fused-ring (bicyclic) bond motifs is 1. The van der Waals surface area contributed by atoms with Gasteiger partial charge in [0.15, 0.2) is 11.0 Å². The van der Waals surface area contributed by atoms with Gasteiger partial charge in [0.2, 0.25) is 0 Å². The Hall–Kier alpha value is -4.19. The predicted octanol–water partition coefficient (Wildman–Crippen LogP) is 6.77. The van der Waals surface area contributed by atoms with Crippen LogP contribution in [-0.4, -0.2) is 53.2 Å². The molecule has 222 valence electrons. The van der Waals surface area contributed by atoms with Gasteiger partial charge >= 0.3 is 5.69 Å². The number of thioether (sulfide) groups is 1.